The maximum absolute atomic E-state index is 6.12. The molecule has 1 N–H and O–H groups in total. The summed E-state index contributed by atoms with van der Waals surface area (Å²) in [6.45, 7) is 3.94. The first kappa shape index (κ1) is 16.2. The second kappa shape index (κ2) is 7.69. The predicted octanol–water partition coefficient (Wildman–Crippen LogP) is 5.10. The van der Waals surface area contributed by atoms with Crippen molar-refractivity contribution in [3.05, 3.63) is 64.1 Å². The van der Waals surface area contributed by atoms with E-state index in [1.54, 1.807) is 0 Å². The Morgan fingerprint density at radius 2 is 1.86 bits per heavy atom. The number of hydrogen-bond acceptors (Lipinski definition) is 2. The van der Waals surface area contributed by atoms with Gasteiger partial charge in [0.2, 0.25) is 0 Å². The molecule has 0 saturated heterocycles. The van der Waals surface area contributed by atoms with Gasteiger partial charge in [-0.2, -0.15) is 0 Å². The van der Waals surface area contributed by atoms with Crippen LogP contribution >= 0.6 is 23.2 Å². The van der Waals surface area contributed by atoms with Crippen molar-refractivity contribution in [2.45, 2.75) is 13.0 Å². The molecule has 4 heteroatoms. The zero-order chi connectivity index (χ0) is 15.2. The Bertz CT molecular complexity index is 587. The molecule has 0 radical (unpaired) electrons. The van der Waals surface area contributed by atoms with Crippen LogP contribution in [0.15, 0.2) is 48.5 Å². The van der Waals surface area contributed by atoms with Gasteiger partial charge in [-0.25, -0.2) is 0 Å². The Labute approximate surface area is 136 Å². The minimum absolute atomic E-state index is 0.316. The molecule has 2 aromatic carbocycles. The van der Waals surface area contributed by atoms with Gasteiger partial charge in [0.15, 0.2) is 0 Å². The number of halogens is 2. The zero-order valence-corrected chi connectivity index (χ0v) is 13.8. The molecule has 0 bridgehead atoms. The normalized spacial score (nSPS) is 12.4. The van der Waals surface area contributed by atoms with Crippen molar-refractivity contribution in [2.24, 2.45) is 0 Å². The van der Waals surface area contributed by atoms with E-state index < -0.39 is 0 Å². The summed E-state index contributed by atoms with van der Waals surface area (Å²) in [7, 11) is 2.11. The lowest BCUT2D eigenvalue weighted by molar-refractivity contribution is 0.271. The second-order valence-electron chi connectivity index (χ2n) is 5.12. The fraction of sp³-hybridized carbons (Fsp3) is 0.294. The summed E-state index contributed by atoms with van der Waals surface area (Å²) < 4.78 is 0. The summed E-state index contributed by atoms with van der Waals surface area (Å²) in [5, 5.41) is 4.89. The van der Waals surface area contributed by atoms with Gasteiger partial charge in [0, 0.05) is 24.2 Å². The van der Waals surface area contributed by atoms with Gasteiger partial charge in [-0.05, 0) is 43.8 Å². The molecule has 0 saturated carbocycles. The molecule has 1 atom stereocenters. The van der Waals surface area contributed by atoms with E-state index >= 15 is 0 Å². The molecule has 0 aromatic heterocycles. The van der Waals surface area contributed by atoms with Crippen LogP contribution in [0.1, 0.15) is 18.5 Å². The lowest BCUT2D eigenvalue weighted by Crippen LogP contribution is -2.28. The maximum Gasteiger partial charge on any atom is 0.0637 e. The fourth-order valence-electron chi connectivity index (χ4n) is 2.19. The van der Waals surface area contributed by atoms with Gasteiger partial charge >= 0.3 is 0 Å². The van der Waals surface area contributed by atoms with Gasteiger partial charge in [-0.1, -0.05) is 47.5 Å². The molecule has 2 rings (SSSR count). The topological polar surface area (TPSA) is 15.3 Å². The van der Waals surface area contributed by atoms with Crippen LogP contribution in [0.4, 0.5) is 5.69 Å². The van der Waals surface area contributed by atoms with Gasteiger partial charge in [0.05, 0.1) is 10.7 Å². The number of para-hydroxylation sites is 1. The van der Waals surface area contributed by atoms with Crippen molar-refractivity contribution < 1.29 is 0 Å². The van der Waals surface area contributed by atoms with Crippen LogP contribution in [0.3, 0.4) is 0 Å². The Hall–Kier alpha value is -1.22. The molecule has 0 aliphatic carbocycles. The molecular formula is C17H20Cl2N2. The zero-order valence-electron chi connectivity index (χ0n) is 12.3. The van der Waals surface area contributed by atoms with E-state index in [1.807, 2.05) is 42.5 Å². The first-order valence-corrected chi connectivity index (χ1v) is 7.77. The van der Waals surface area contributed by atoms with Crippen LogP contribution in [0.2, 0.25) is 10.0 Å². The molecule has 1 unspecified atom stereocenters. The third kappa shape index (κ3) is 4.63. The van der Waals surface area contributed by atoms with Crippen molar-refractivity contribution in [3.8, 4) is 0 Å². The Kier molecular flexibility index (Phi) is 5.92. The molecule has 0 heterocycles. The number of hydrogen-bond donors (Lipinski definition) is 1. The molecule has 112 valence electrons. The highest BCUT2D eigenvalue weighted by molar-refractivity contribution is 6.33. The van der Waals surface area contributed by atoms with Crippen molar-refractivity contribution in [1.82, 2.24) is 4.90 Å². The van der Waals surface area contributed by atoms with E-state index in [9.17, 15) is 0 Å². The van der Waals surface area contributed by atoms with Crippen LogP contribution in [-0.4, -0.2) is 25.0 Å². The second-order valence-corrected chi connectivity index (χ2v) is 5.96. The summed E-state index contributed by atoms with van der Waals surface area (Å²) in [6.07, 6.45) is 0. The molecule has 21 heavy (non-hydrogen) atoms. The van der Waals surface area contributed by atoms with Crippen LogP contribution in [-0.2, 0) is 0 Å². The minimum atomic E-state index is 0.316. The average molecular weight is 323 g/mol. The predicted molar refractivity (Wildman–Crippen MR) is 92.4 cm³/mol. The van der Waals surface area contributed by atoms with Crippen molar-refractivity contribution in [1.29, 1.82) is 0 Å². The molecule has 0 fully saturated rings. The van der Waals surface area contributed by atoms with Crippen LogP contribution in [0.5, 0.6) is 0 Å². The van der Waals surface area contributed by atoms with E-state index in [0.717, 1.165) is 28.8 Å². The number of rotatable bonds is 6. The number of nitrogens with one attached hydrogen (secondary N) is 1. The number of nitrogens with zero attached hydrogens (tertiary/aromatic N) is 1. The molecule has 0 aliphatic heterocycles. The first-order chi connectivity index (χ1) is 10.1. The number of anilines is 1. The third-order valence-corrected chi connectivity index (χ3v) is 4.21. The molecule has 0 spiro atoms. The van der Waals surface area contributed by atoms with Gasteiger partial charge < -0.3 is 5.32 Å². The minimum Gasteiger partial charge on any atom is -0.383 e. The molecule has 2 aromatic rings. The quantitative estimate of drug-likeness (QED) is 0.796. The van der Waals surface area contributed by atoms with Gasteiger partial charge in [0.25, 0.3) is 0 Å². The lowest BCUT2D eigenvalue weighted by atomic mass is 10.1. The van der Waals surface area contributed by atoms with Crippen molar-refractivity contribution in [3.63, 3.8) is 0 Å². The molecule has 2 nitrogen and oxygen atoms in total. The van der Waals surface area contributed by atoms with E-state index in [-0.39, 0.29) is 0 Å². The Morgan fingerprint density at radius 3 is 2.57 bits per heavy atom. The van der Waals surface area contributed by atoms with Crippen molar-refractivity contribution in [2.75, 3.05) is 25.5 Å². The van der Waals surface area contributed by atoms with E-state index in [1.165, 1.54) is 5.56 Å². The first-order valence-electron chi connectivity index (χ1n) is 7.02. The number of benzene rings is 2. The summed E-state index contributed by atoms with van der Waals surface area (Å²) in [5.74, 6) is 0. The van der Waals surface area contributed by atoms with E-state index in [0.29, 0.717) is 6.04 Å². The highest BCUT2D eigenvalue weighted by Gasteiger charge is 2.11. The molecule has 0 aliphatic rings. The third-order valence-electron chi connectivity index (χ3n) is 3.65. The summed E-state index contributed by atoms with van der Waals surface area (Å²) >= 11 is 12.2. The summed E-state index contributed by atoms with van der Waals surface area (Å²) in [6, 6.07) is 16.1. The highest BCUT2D eigenvalue weighted by atomic mass is 35.5. The van der Waals surface area contributed by atoms with E-state index in [2.05, 4.69) is 30.3 Å². The maximum atomic E-state index is 6.12. The Morgan fingerprint density at radius 1 is 1.10 bits per heavy atom. The van der Waals surface area contributed by atoms with Crippen LogP contribution in [0, 0.1) is 0 Å². The Balaban J connectivity index is 1.87. The van der Waals surface area contributed by atoms with Gasteiger partial charge in [0.1, 0.15) is 0 Å². The van der Waals surface area contributed by atoms with Crippen molar-refractivity contribution >= 4 is 28.9 Å². The monoisotopic (exact) mass is 322 g/mol. The molecular weight excluding hydrogens is 303 g/mol. The average Bonchev–Trinajstić information content (AvgIpc) is 2.48. The van der Waals surface area contributed by atoms with Crippen LogP contribution < -0.4 is 5.32 Å². The van der Waals surface area contributed by atoms with Gasteiger partial charge in [-0.15, -0.1) is 0 Å². The largest absolute Gasteiger partial charge is 0.383 e. The highest BCUT2D eigenvalue weighted by Crippen LogP contribution is 2.22. The summed E-state index contributed by atoms with van der Waals surface area (Å²) in [4.78, 5) is 2.29. The fourth-order valence-corrected chi connectivity index (χ4v) is 2.59. The number of likely N-dealkylation sites (N-methyl/N-ethyl adjacent to an activating group) is 1. The standard InChI is InChI=1S/C17H20Cl2N2/c1-13(14-6-5-7-15(18)12-14)21(2)11-10-20-17-9-4-3-8-16(17)19/h3-9,12-13,20H,10-11H2,1-2H3. The smallest absolute Gasteiger partial charge is 0.0637 e. The van der Waals surface area contributed by atoms with Gasteiger partial charge in [-0.3, -0.25) is 4.90 Å². The van der Waals surface area contributed by atoms with E-state index in [4.69, 9.17) is 23.2 Å². The molecule has 0 amide bonds. The SMILES string of the molecule is CC(c1cccc(Cl)c1)N(C)CCNc1ccccc1Cl. The lowest BCUT2D eigenvalue weighted by Gasteiger charge is -2.25. The summed E-state index contributed by atoms with van der Waals surface area (Å²) in [5.41, 5.74) is 2.20. The van der Waals surface area contributed by atoms with Crippen LogP contribution in [0.25, 0.3) is 0 Å².